The number of alkyl carbamates (subject to hydrolysis) is 1. The molecule has 1 unspecified atom stereocenters. The molecular formula is C29H39NO7. The quantitative estimate of drug-likeness (QED) is 0.270. The minimum absolute atomic E-state index is 0.0646. The van der Waals surface area contributed by atoms with Gasteiger partial charge in [-0.25, -0.2) is 9.59 Å². The Kier molecular flexibility index (Phi) is 12.4. The molecule has 0 heterocycles. The van der Waals surface area contributed by atoms with Crippen LogP contribution in [0.2, 0.25) is 0 Å². The van der Waals surface area contributed by atoms with Crippen LogP contribution in [0.1, 0.15) is 56.1 Å². The van der Waals surface area contributed by atoms with E-state index in [-0.39, 0.29) is 12.5 Å². The van der Waals surface area contributed by atoms with Gasteiger partial charge in [-0.05, 0) is 42.0 Å². The maximum absolute atomic E-state index is 12.4. The summed E-state index contributed by atoms with van der Waals surface area (Å²) < 4.78 is 21.6. The number of unbranched alkanes of at least 4 members (excludes halogenated alkanes) is 3. The van der Waals surface area contributed by atoms with E-state index in [1.807, 2.05) is 43.3 Å². The fourth-order valence-electron chi connectivity index (χ4n) is 4.53. The number of benzene rings is 2. The lowest BCUT2D eigenvalue weighted by molar-refractivity contribution is -0.139. The lowest BCUT2D eigenvalue weighted by Gasteiger charge is -2.17. The molecule has 0 radical (unpaired) electrons. The molecule has 2 aromatic carbocycles. The maximum Gasteiger partial charge on any atom is 0.407 e. The van der Waals surface area contributed by atoms with Crippen LogP contribution in [0.3, 0.4) is 0 Å². The zero-order chi connectivity index (χ0) is 26.3. The normalized spacial score (nSPS) is 13.1. The summed E-state index contributed by atoms with van der Waals surface area (Å²) in [5.41, 5.74) is 4.52. The van der Waals surface area contributed by atoms with Gasteiger partial charge in [-0.2, -0.15) is 0 Å². The number of hydrogen-bond donors (Lipinski definition) is 2. The number of nitrogens with one attached hydrogen (secondary N) is 1. The second-order valence-electron chi connectivity index (χ2n) is 8.99. The molecule has 1 aliphatic rings. The van der Waals surface area contributed by atoms with Crippen molar-refractivity contribution in [1.29, 1.82) is 0 Å². The Hall–Kier alpha value is -2.94. The summed E-state index contributed by atoms with van der Waals surface area (Å²) in [4.78, 5) is 24.1. The Balaban J connectivity index is 1.30. The van der Waals surface area contributed by atoms with Crippen LogP contribution in [0.4, 0.5) is 4.79 Å². The SMILES string of the molecule is CCOCCOCCOCCCCCCC(NC(=O)OCC1c2ccccc2-c2ccccc21)C(=O)O. The lowest BCUT2D eigenvalue weighted by atomic mass is 9.98. The van der Waals surface area contributed by atoms with Crippen molar-refractivity contribution in [3.05, 3.63) is 59.7 Å². The first-order chi connectivity index (χ1) is 18.1. The molecular weight excluding hydrogens is 474 g/mol. The molecule has 0 aromatic heterocycles. The van der Waals surface area contributed by atoms with Crippen LogP contribution in [0.15, 0.2) is 48.5 Å². The first kappa shape index (κ1) is 28.6. The van der Waals surface area contributed by atoms with Crippen molar-refractivity contribution >= 4 is 12.1 Å². The first-order valence-corrected chi connectivity index (χ1v) is 13.2. The van der Waals surface area contributed by atoms with Gasteiger partial charge in [0.05, 0.1) is 26.4 Å². The van der Waals surface area contributed by atoms with E-state index in [4.69, 9.17) is 18.9 Å². The highest BCUT2D eigenvalue weighted by Crippen LogP contribution is 2.44. The Morgan fingerprint density at radius 1 is 0.811 bits per heavy atom. The van der Waals surface area contributed by atoms with Crippen LogP contribution in [-0.2, 0) is 23.7 Å². The van der Waals surface area contributed by atoms with Gasteiger partial charge in [0.15, 0.2) is 0 Å². The van der Waals surface area contributed by atoms with Gasteiger partial charge in [-0.15, -0.1) is 0 Å². The largest absolute Gasteiger partial charge is 0.480 e. The predicted octanol–water partition coefficient (Wildman–Crippen LogP) is 5.00. The molecule has 8 heteroatoms. The number of carbonyl (C=O) groups is 2. The number of hydrogen-bond acceptors (Lipinski definition) is 6. The summed E-state index contributed by atoms with van der Waals surface area (Å²) in [6, 6.07) is 15.2. The highest BCUT2D eigenvalue weighted by atomic mass is 16.6. The predicted molar refractivity (Wildman–Crippen MR) is 141 cm³/mol. The number of carbonyl (C=O) groups excluding carboxylic acids is 1. The zero-order valence-electron chi connectivity index (χ0n) is 21.7. The van der Waals surface area contributed by atoms with Crippen LogP contribution in [-0.4, -0.2) is 69.5 Å². The molecule has 0 saturated carbocycles. The van der Waals surface area contributed by atoms with E-state index in [0.29, 0.717) is 52.5 Å². The summed E-state index contributed by atoms with van der Waals surface area (Å²) in [6.45, 7) is 5.73. The van der Waals surface area contributed by atoms with Crippen molar-refractivity contribution in [2.24, 2.45) is 0 Å². The number of amides is 1. The van der Waals surface area contributed by atoms with Gasteiger partial charge >= 0.3 is 12.1 Å². The van der Waals surface area contributed by atoms with Crippen LogP contribution < -0.4 is 5.32 Å². The van der Waals surface area contributed by atoms with Crippen molar-refractivity contribution in [3.8, 4) is 11.1 Å². The van der Waals surface area contributed by atoms with E-state index in [1.165, 1.54) is 0 Å². The fourth-order valence-corrected chi connectivity index (χ4v) is 4.53. The van der Waals surface area contributed by atoms with Crippen molar-refractivity contribution in [2.75, 3.05) is 46.2 Å². The van der Waals surface area contributed by atoms with E-state index in [9.17, 15) is 14.7 Å². The van der Waals surface area contributed by atoms with Gasteiger partial charge in [0.2, 0.25) is 0 Å². The minimum atomic E-state index is -1.05. The highest BCUT2D eigenvalue weighted by molar-refractivity contribution is 5.81. The lowest BCUT2D eigenvalue weighted by Crippen LogP contribution is -2.41. The van der Waals surface area contributed by atoms with Crippen molar-refractivity contribution in [2.45, 2.75) is 51.0 Å². The molecule has 8 nitrogen and oxygen atoms in total. The highest BCUT2D eigenvalue weighted by Gasteiger charge is 2.29. The van der Waals surface area contributed by atoms with Gasteiger partial charge in [-0.1, -0.05) is 67.8 Å². The van der Waals surface area contributed by atoms with Gasteiger partial charge in [0.25, 0.3) is 0 Å². The molecule has 2 N–H and O–H groups in total. The number of fused-ring (bicyclic) bond motifs is 3. The molecule has 0 spiro atoms. The Bertz CT molecular complexity index is 935. The molecule has 1 amide bonds. The Morgan fingerprint density at radius 3 is 2.00 bits per heavy atom. The molecule has 1 aliphatic carbocycles. The maximum atomic E-state index is 12.4. The molecule has 0 saturated heterocycles. The van der Waals surface area contributed by atoms with Crippen LogP contribution in [0.5, 0.6) is 0 Å². The Morgan fingerprint density at radius 2 is 1.38 bits per heavy atom. The number of rotatable bonds is 18. The minimum Gasteiger partial charge on any atom is -0.480 e. The smallest absolute Gasteiger partial charge is 0.407 e. The number of ether oxygens (including phenoxy) is 4. The third kappa shape index (κ3) is 9.14. The molecule has 202 valence electrons. The number of aliphatic carboxylic acids is 1. The summed E-state index contributed by atoms with van der Waals surface area (Å²) in [5.74, 6) is -1.12. The molecule has 2 aromatic rings. The summed E-state index contributed by atoms with van der Waals surface area (Å²) in [6.07, 6.45) is 3.05. The summed E-state index contributed by atoms with van der Waals surface area (Å²) in [7, 11) is 0. The fraction of sp³-hybridized carbons (Fsp3) is 0.517. The van der Waals surface area contributed by atoms with E-state index in [0.717, 1.165) is 41.5 Å². The third-order valence-electron chi connectivity index (χ3n) is 6.41. The number of carboxylic acid groups (broad SMARTS) is 1. The average molecular weight is 514 g/mol. The third-order valence-corrected chi connectivity index (χ3v) is 6.41. The van der Waals surface area contributed by atoms with Crippen molar-refractivity contribution in [3.63, 3.8) is 0 Å². The number of carboxylic acids is 1. The first-order valence-electron chi connectivity index (χ1n) is 13.2. The van der Waals surface area contributed by atoms with Crippen molar-refractivity contribution < 1.29 is 33.6 Å². The van der Waals surface area contributed by atoms with E-state index >= 15 is 0 Å². The average Bonchev–Trinajstić information content (AvgIpc) is 3.23. The second-order valence-corrected chi connectivity index (χ2v) is 8.99. The van der Waals surface area contributed by atoms with Crippen LogP contribution in [0, 0.1) is 0 Å². The van der Waals surface area contributed by atoms with E-state index in [2.05, 4.69) is 17.4 Å². The van der Waals surface area contributed by atoms with Gasteiger partial charge in [-0.3, -0.25) is 0 Å². The van der Waals surface area contributed by atoms with Gasteiger partial charge in [0, 0.05) is 19.1 Å². The van der Waals surface area contributed by atoms with Crippen LogP contribution >= 0.6 is 0 Å². The zero-order valence-corrected chi connectivity index (χ0v) is 21.7. The molecule has 1 atom stereocenters. The molecule has 0 fully saturated rings. The van der Waals surface area contributed by atoms with Gasteiger partial charge < -0.3 is 29.4 Å². The standard InChI is InChI=1S/C29H39NO7/c1-2-34-17-18-36-20-19-35-16-10-4-3-5-15-27(28(31)32)30-29(33)37-21-26-24-13-8-6-11-22(24)23-12-7-9-14-25(23)26/h6-9,11-14,26-27H,2-5,10,15-21H2,1H3,(H,30,33)(H,31,32). The molecule has 3 rings (SSSR count). The molecule has 0 bridgehead atoms. The summed E-state index contributed by atoms with van der Waals surface area (Å²) >= 11 is 0. The van der Waals surface area contributed by atoms with Gasteiger partial charge in [0.1, 0.15) is 12.6 Å². The second kappa shape index (κ2) is 16.0. The van der Waals surface area contributed by atoms with E-state index < -0.39 is 18.1 Å². The van der Waals surface area contributed by atoms with Crippen LogP contribution in [0.25, 0.3) is 11.1 Å². The summed E-state index contributed by atoms with van der Waals surface area (Å²) in [5, 5.41) is 12.1. The topological polar surface area (TPSA) is 103 Å². The van der Waals surface area contributed by atoms with Crippen molar-refractivity contribution in [1.82, 2.24) is 5.32 Å². The van der Waals surface area contributed by atoms with E-state index in [1.54, 1.807) is 0 Å². The molecule has 37 heavy (non-hydrogen) atoms. The monoisotopic (exact) mass is 513 g/mol. The molecule has 0 aliphatic heterocycles. The Labute approximate surface area is 219 Å².